The zero-order chi connectivity index (χ0) is 17.1. The van der Waals surface area contributed by atoms with E-state index in [1.165, 1.54) is 6.20 Å². The van der Waals surface area contributed by atoms with E-state index in [0.29, 0.717) is 18.1 Å². The summed E-state index contributed by atoms with van der Waals surface area (Å²) in [5.74, 6) is 0.998. The molecular formula is C16H21N5O3. The first kappa shape index (κ1) is 16.2. The SMILES string of the molecule is CC(C)c1cc(C(=O)N[C@H]2CCCN(c3ncc[nH]c3=O)C2)no1. The van der Waals surface area contributed by atoms with Gasteiger partial charge in [-0.2, -0.15) is 0 Å². The zero-order valence-corrected chi connectivity index (χ0v) is 13.8. The smallest absolute Gasteiger partial charge is 0.290 e. The van der Waals surface area contributed by atoms with Gasteiger partial charge >= 0.3 is 0 Å². The molecule has 0 unspecified atom stereocenters. The molecule has 0 saturated carbocycles. The lowest BCUT2D eigenvalue weighted by atomic mass is 10.1. The Hall–Kier alpha value is -2.64. The highest BCUT2D eigenvalue weighted by Gasteiger charge is 2.25. The molecule has 1 saturated heterocycles. The summed E-state index contributed by atoms with van der Waals surface area (Å²) in [6.07, 6.45) is 4.78. The van der Waals surface area contributed by atoms with Crippen LogP contribution in [0.2, 0.25) is 0 Å². The van der Waals surface area contributed by atoms with Crippen LogP contribution in [0.4, 0.5) is 5.82 Å². The number of piperidine rings is 1. The molecule has 2 N–H and O–H groups in total. The highest BCUT2D eigenvalue weighted by atomic mass is 16.5. The number of carbonyl (C=O) groups excluding carboxylic acids is 1. The number of nitrogens with one attached hydrogen (secondary N) is 2. The van der Waals surface area contributed by atoms with Crippen molar-refractivity contribution < 1.29 is 9.32 Å². The Morgan fingerprint density at radius 1 is 1.50 bits per heavy atom. The van der Waals surface area contributed by atoms with Crippen molar-refractivity contribution >= 4 is 11.7 Å². The van der Waals surface area contributed by atoms with E-state index in [-0.39, 0.29) is 29.1 Å². The molecule has 0 bridgehead atoms. The lowest BCUT2D eigenvalue weighted by Gasteiger charge is -2.33. The number of carbonyl (C=O) groups is 1. The normalized spacial score (nSPS) is 18.0. The number of hydrogen-bond acceptors (Lipinski definition) is 6. The van der Waals surface area contributed by atoms with Crippen LogP contribution < -0.4 is 15.8 Å². The first-order valence-electron chi connectivity index (χ1n) is 8.10. The molecule has 8 heteroatoms. The molecule has 24 heavy (non-hydrogen) atoms. The van der Waals surface area contributed by atoms with Crippen molar-refractivity contribution in [3.8, 4) is 0 Å². The number of anilines is 1. The fourth-order valence-corrected chi connectivity index (χ4v) is 2.78. The Kier molecular flexibility index (Phi) is 4.64. The molecule has 0 radical (unpaired) electrons. The van der Waals surface area contributed by atoms with Gasteiger partial charge in [0.2, 0.25) is 0 Å². The van der Waals surface area contributed by atoms with E-state index in [4.69, 9.17) is 4.52 Å². The highest BCUT2D eigenvalue weighted by Crippen LogP contribution is 2.17. The van der Waals surface area contributed by atoms with Gasteiger partial charge in [-0.05, 0) is 12.8 Å². The topological polar surface area (TPSA) is 104 Å². The molecule has 1 aliphatic rings. The van der Waals surface area contributed by atoms with Gasteiger partial charge in [0, 0.05) is 43.5 Å². The number of nitrogens with zero attached hydrogens (tertiary/aromatic N) is 3. The van der Waals surface area contributed by atoms with Crippen LogP contribution in [0.3, 0.4) is 0 Å². The van der Waals surface area contributed by atoms with E-state index < -0.39 is 0 Å². The Balaban J connectivity index is 1.65. The lowest BCUT2D eigenvalue weighted by molar-refractivity contribution is 0.0923. The summed E-state index contributed by atoms with van der Waals surface area (Å²) in [6, 6.07) is 1.61. The van der Waals surface area contributed by atoms with Gasteiger partial charge in [0.05, 0.1) is 0 Å². The average molecular weight is 331 g/mol. The van der Waals surface area contributed by atoms with E-state index in [1.54, 1.807) is 12.3 Å². The van der Waals surface area contributed by atoms with Gasteiger partial charge in [0.1, 0.15) is 5.76 Å². The van der Waals surface area contributed by atoms with E-state index in [9.17, 15) is 9.59 Å². The monoisotopic (exact) mass is 331 g/mol. The van der Waals surface area contributed by atoms with Gasteiger partial charge in [0.15, 0.2) is 11.5 Å². The first-order valence-corrected chi connectivity index (χ1v) is 8.10. The average Bonchev–Trinajstić information content (AvgIpc) is 3.06. The van der Waals surface area contributed by atoms with Crippen LogP contribution in [-0.4, -0.2) is 40.2 Å². The molecule has 1 atom stereocenters. The number of H-pyrrole nitrogens is 1. The van der Waals surface area contributed by atoms with Gasteiger partial charge < -0.3 is 19.7 Å². The van der Waals surface area contributed by atoms with Gasteiger partial charge in [-0.25, -0.2) is 4.98 Å². The largest absolute Gasteiger partial charge is 0.360 e. The van der Waals surface area contributed by atoms with E-state index in [2.05, 4.69) is 20.4 Å². The molecular weight excluding hydrogens is 310 g/mol. The van der Waals surface area contributed by atoms with Crippen molar-refractivity contribution in [2.24, 2.45) is 0 Å². The number of amides is 1. The van der Waals surface area contributed by atoms with Crippen LogP contribution in [0, 0.1) is 0 Å². The Morgan fingerprint density at radius 3 is 3.04 bits per heavy atom. The second-order valence-corrected chi connectivity index (χ2v) is 6.27. The lowest BCUT2D eigenvalue weighted by Crippen LogP contribution is -2.49. The van der Waals surface area contributed by atoms with Gasteiger partial charge in [-0.1, -0.05) is 19.0 Å². The molecule has 1 amide bonds. The minimum absolute atomic E-state index is 0.0631. The quantitative estimate of drug-likeness (QED) is 0.874. The van der Waals surface area contributed by atoms with Crippen molar-refractivity contribution in [1.29, 1.82) is 0 Å². The first-order chi connectivity index (χ1) is 11.5. The maximum atomic E-state index is 12.3. The molecule has 0 aromatic carbocycles. The molecule has 8 nitrogen and oxygen atoms in total. The minimum atomic E-state index is -0.257. The summed E-state index contributed by atoms with van der Waals surface area (Å²) in [5.41, 5.74) is 0.0639. The summed E-state index contributed by atoms with van der Waals surface area (Å²) in [6.45, 7) is 5.24. The molecule has 2 aromatic heterocycles. The maximum absolute atomic E-state index is 12.3. The van der Waals surface area contributed by atoms with E-state index in [0.717, 1.165) is 19.4 Å². The third-order valence-electron chi connectivity index (χ3n) is 4.08. The molecule has 3 rings (SSSR count). The van der Waals surface area contributed by atoms with Crippen LogP contribution in [0.15, 0.2) is 27.8 Å². The Labute approximate surface area is 139 Å². The Bertz CT molecular complexity index is 767. The Morgan fingerprint density at radius 2 is 2.33 bits per heavy atom. The molecule has 128 valence electrons. The van der Waals surface area contributed by atoms with E-state index in [1.807, 2.05) is 18.7 Å². The molecule has 0 aliphatic carbocycles. The molecule has 3 heterocycles. The maximum Gasteiger partial charge on any atom is 0.290 e. The second-order valence-electron chi connectivity index (χ2n) is 6.27. The van der Waals surface area contributed by atoms with E-state index >= 15 is 0 Å². The predicted molar refractivity (Wildman–Crippen MR) is 88.2 cm³/mol. The number of rotatable bonds is 4. The second kappa shape index (κ2) is 6.86. The van der Waals surface area contributed by atoms with Gasteiger partial charge in [-0.3, -0.25) is 9.59 Å². The van der Waals surface area contributed by atoms with Crippen LogP contribution in [0.25, 0.3) is 0 Å². The van der Waals surface area contributed by atoms with Crippen LogP contribution in [0.1, 0.15) is 48.9 Å². The van der Waals surface area contributed by atoms with Crippen molar-refractivity contribution in [3.63, 3.8) is 0 Å². The number of hydrogen-bond donors (Lipinski definition) is 2. The summed E-state index contributed by atoms with van der Waals surface area (Å²) in [7, 11) is 0. The van der Waals surface area contributed by atoms with Crippen molar-refractivity contribution in [1.82, 2.24) is 20.4 Å². The molecule has 2 aromatic rings. The molecule has 0 spiro atoms. The fourth-order valence-electron chi connectivity index (χ4n) is 2.78. The summed E-state index contributed by atoms with van der Waals surface area (Å²) in [5, 5.41) is 6.79. The van der Waals surface area contributed by atoms with Crippen molar-refractivity contribution in [3.05, 3.63) is 40.3 Å². The molecule has 1 aliphatic heterocycles. The highest BCUT2D eigenvalue weighted by molar-refractivity contribution is 5.92. The minimum Gasteiger partial charge on any atom is -0.360 e. The van der Waals surface area contributed by atoms with Gasteiger partial charge in [-0.15, -0.1) is 0 Å². The van der Waals surface area contributed by atoms with Crippen molar-refractivity contribution in [2.45, 2.75) is 38.6 Å². The number of aromatic amines is 1. The number of aromatic nitrogens is 3. The van der Waals surface area contributed by atoms with Crippen LogP contribution >= 0.6 is 0 Å². The molecule has 1 fully saturated rings. The van der Waals surface area contributed by atoms with Crippen LogP contribution in [-0.2, 0) is 0 Å². The predicted octanol–water partition coefficient (Wildman–Crippen LogP) is 1.28. The summed E-state index contributed by atoms with van der Waals surface area (Å²) in [4.78, 5) is 32.8. The van der Waals surface area contributed by atoms with Gasteiger partial charge in [0.25, 0.3) is 11.5 Å². The third kappa shape index (κ3) is 3.47. The van der Waals surface area contributed by atoms with Crippen LogP contribution in [0.5, 0.6) is 0 Å². The standard InChI is InChI=1S/C16H21N5O3/c1-10(2)13-8-12(20-24-13)15(22)19-11-4-3-7-21(9-11)14-16(23)18-6-5-17-14/h5-6,8,10-11H,3-4,7,9H2,1-2H3,(H,18,23)(H,19,22)/t11-/m0/s1. The summed E-state index contributed by atoms with van der Waals surface area (Å²) < 4.78 is 5.17. The third-order valence-corrected chi connectivity index (χ3v) is 4.08. The fraction of sp³-hybridized carbons (Fsp3) is 0.500. The summed E-state index contributed by atoms with van der Waals surface area (Å²) >= 11 is 0. The van der Waals surface area contributed by atoms with Crippen molar-refractivity contribution in [2.75, 3.05) is 18.0 Å². The zero-order valence-electron chi connectivity index (χ0n) is 13.8.